The van der Waals surface area contributed by atoms with E-state index in [4.69, 9.17) is 15.3 Å². The van der Waals surface area contributed by atoms with Crippen LogP contribution >= 0.6 is 0 Å². The van der Waals surface area contributed by atoms with Crippen LogP contribution in [0.15, 0.2) is 0 Å². The summed E-state index contributed by atoms with van der Waals surface area (Å²) in [6, 6.07) is 0. The van der Waals surface area contributed by atoms with Crippen LogP contribution in [0.4, 0.5) is 4.79 Å². The smallest absolute Gasteiger partial charge is 0.409 e. The fourth-order valence-electron chi connectivity index (χ4n) is 0.348. The number of hydrogen-bond donors (Lipinski definition) is 3. The molecule has 1 amide bonds. The quantitative estimate of drug-likeness (QED) is 0.429. The minimum Gasteiger partial charge on any atom is -0.465 e. The van der Waals surface area contributed by atoms with E-state index in [9.17, 15) is 4.79 Å². The van der Waals surface area contributed by atoms with E-state index in [2.05, 4.69) is 0 Å². The largest absolute Gasteiger partial charge is 0.465 e. The lowest BCUT2D eigenvalue weighted by Crippen LogP contribution is -2.32. The van der Waals surface area contributed by atoms with Gasteiger partial charge in [-0.2, -0.15) is 0 Å². The van der Waals surface area contributed by atoms with Crippen molar-refractivity contribution in [1.29, 1.82) is 0 Å². The van der Waals surface area contributed by atoms with Gasteiger partial charge in [0.05, 0.1) is 6.61 Å². The summed E-state index contributed by atoms with van der Waals surface area (Å²) in [5.74, 6) is 0. The predicted molar refractivity (Wildman–Crippen MR) is 28.9 cm³/mol. The Morgan fingerprint density at radius 2 is 2.00 bits per heavy atom. The number of hydrogen-bond acceptors (Lipinski definition) is 3. The maximum absolute atomic E-state index is 9.98. The third kappa shape index (κ3) is 2.89. The van der Waals surface area contributed by atoms with Crippen molar-refractivity contribution in [2.45, 2.75) is 0 Å². The van der Waals surface area contributed by atoms with Gasteiger partial charge in [-0.1, -0.05) is 0 Å². The summed E-state index contributed by atoms with van der Waals surface area (Å²) in [6.07, 6.45) is -1.23. The molecular formula is C4H9NO4. The number of aliphatic hydroxyl groups excluding tert-OH is 2. The molecule has 0 aliphatic carbocycles. The third-order valence-corrected chi connectivity index (χ3v) is 0.811. The zero-order valence-corrected chi connectivity index (χ0v) is 4.82. The van der Waals surface area contributed by atoms with Crippen molar-refractivity contribution in [2.75, 3.05) is 19.9 Å². The summed E-state index contributed by atoms with van der Waals surface area (Å²) in [5.41, 5.74) is 0. The van der Waals surface area contributed by atoms with Gasteiger partial charge in [-0.3, -0.25) is 4.90 Å². The first-order valence-electron chi connectivity index (χ1n) is 2.42. The van der Waals surface area contributed by atoms with Crippen molar-refractivity contribution < 1.29 is 20.1 Å². The van der Waals surface area contributed by atoms with Crippen LogP contribution in [0.25, 0.3) is 0 Å². The van der Waals surface area contributed by atoms with E-state index in [-0.39, 0.29) is 13.2 Å². The van der Waals surface area contributed by atoms with Gasteiger partial charge in [0.25, 0.3) is 0 Å². The van der Waals surface area contributed by atoms with Crippen molar-refractivity contribution >= 4 is 6.09 Å². The summed E-state index contributed by atoms with van der Waals surface area (Å²) in [4.78, 5) is 10.7. The normalized spacial score (nSPS) is 9.11. The minimum absolute atomic E-state index is 0.0498. The number of carboxylic acid groups (broad SMARTS) is 1. The topological polar surface area (TPSA) is 81.0 Å². The fourth-order valence-corrected chi connectivity index (χ4v) is 0.348. The van der Waals surface area contributed by atoms with Gasteiger partial charge < -0.3 is 15.3 Å². The van der Waals surface area contributed by atoms with Crippen LogP contribution in [0.3, 0.4) is 0 Å². The van der Waals surface area contributed by atoms with Crippen molar-refractivity contribution in [2.24, 2.45) is 0 Å². The molecule has 5 nitrogen and oxygen atoms in total. The van der Waals surface area contributed by atoms with Crippen LogP contribution in [0, 0.1) is 0 Å². The second kappa shape index (κ2) is 4.11. The molecule has 0 aromatic carbocycles. The first-order valence-corrected chi connectivity index (χ1v) is 2.42. The maximum atomic E-state index is 9.98. The van der Waals surface area contributed by atoms with E-state index < -0.39 is 12.8 Å². The Kier molecular flexibility index (Phi) is 3.74. The highest BCUT2D eigenvalue weighted by Gasteiger charge is 2.06. The molecular weight excluding hydrogens is 126 g/mol. The third-order valence-electron chi connectivity index (χ3n) is 0.811. The van der Waals surface area contributed by atoms with Gasteiger partial charge in [0.2, 0.25) is 0 Å². The molecule has 0 unspecified atom stereocenters. The van der Waals surface area contributed by atoms with Gasteiger partial charge in [-0.05, 0) is 0 Å². The van der Waals surface area contributed by atoms with Crippen LogP contribution in [-0.2, 0) is 0 Å². The molecule has 0 atom stereocenters. The summed E-state index contributed by atoms with van der Waals surface area (Å²) in [5, 5.41) is 24.6. The van der Waals surface area contributed by atoms with Gasteiger partial charge in [-0.15, -0.1) is 0 Å². The molecule has 0 bridgehead atoms. The van der Waals surface area contributed by atoms with Gasteiger partial charge >= 0.3 is 6.09 Å². The minimum atomic E-state index is -1.23. The Bertz CT molecular complexity index is 94.6. The summed E-state index contributed by atoms with van der Waals surface area (Å²) < 4.78 is 0. The van der Waals surface area contributed by atoms with Crippen molar-refractivity contribution in [3.8, 4) is 0 Å². The molecule has 0 aromatic heterocycles. The first kappa shape index (κ1) is 8.19. The summed E-state index contributed by atoms with van der Waals surface area (Å²) >= 11 is 0. The zero-order chi connectivity index (χ0) is 7.28. The Labute approximate surface area is 52.1 Å². The van der Waals surface area contributed by atoms with E-state index >= 15 is 0 Å². The second-order valence-electron chi connectivity index (χ2n) is 1.41. The first-order chi connectivity index (χ1) is 4.22. The zero-order valence-electron chi connectivity index (χ0n) is 4.82. The average Bonchev–Trinajstić information content (AvgIpc) is 1.82. The van der Waals surface area contributed by atoms with Crippen molar-refractivity contribution in [3.05, 3.63) is 0 Å². The van der Waals surface area contributed by atoms with Crippen molar-refractivity contribution in [1.82, 2.24) is 4.90 Å². The van der Waals surface area contributed by atoms with Crippen LogP contribution in [0.5, 0.6) is 0 Å². The van der Waals surface area contributed by atoms with E-state index in [1.807, 2.05) is 0 Å². The molecule has 9 heavy (non-hydrogen) atoms. The predicted octanol–water partition coefficient (Wildman–Crippen LogP) is -1.09. The molecule has 0 aliphatic heterocycles. The van der Waals surface area contributed by atoms with Crippen LogP contribution in [0.2, 0.25) is 0 Å². The van der Waals surface area contributed by atoms with Crippen molar-refractivity contribution in [3.63, 3.8) is 0 Å². The van der Waals surface area contributed by atoms with Gasteiger partial charge in [0, 0.05) is 6.54 Å². The van der Waals surface area contributed by atoms with E-state index in [1.54, 1.807) is 0 Å². The fraction of sp³-hybridized carbons (Fsp3) is 0.750. The van der Waals surface area contributed by atoms with Gasteiger partial charge in [0.15, 0.2) is 0 Å². The Morgan fingerprint density at radius 1 is 1.44 bits per heavy atom. The number of aliphatic hydroxyl groups is 2. The van der Waals surface area contributed by atoms with Crippen LogP contribution < -0.4 is 0 Å². The SMILES string of the molecule is O=C(O)N(CO)CCO. The number of rotatable bonds is 3. The molecule has 3 N–H and O–H groups in total. The number of amides is 1. The molecule has 0 saturated carbocycles. The highest BCUT2D eigenvalue weighted by Crippen LogP contribution is 1.83. The van der Waals surface area contributed by atoms with E-state index in [0.29, 0.717) is 4.90 Å². The number of carbonyl (C=O) groups is 1. The van der Waals surface area contributed by atoms with E-state index in [1.165, 1.54) is 0 Å². The lowest BCUT2D eigenvalue weighted by Gasteiger charge is -2.12. The Balaban J connectivity index is 3.54. The monoisotopic (exact) mass is 135 g/mol. The Morgan fingerprint density at radius 3 is 2.11 bits per heavy atom. The Hall–Kier alpha value is -0.810. The molecule has 0 heterocycles. The standard InChI is InChI=1S/C4H9NO4/c6-2-1-5(3-7)4(8)9/h6-7H,1-3H2,(H,8,9). The average molecular weight is 135 g/mol. The molecule has 0 fully saturated rings. The lowest BCUT2D eigenvalue weighted by atomic mass is 10.6. The highest BCUT2D eigenvalue weighted by atomic mass is 16.4. The van der Waals surface area contributed by atoms with Crippen LogP contribution in [-0.4, -0.2) is 46.2 Å². The molecule has 0 saturated heterocycles. The molecule has 54 valence electrons. The van der Waals surface area contributed by atoms with Gasteiger partial charge in [-0.25, -0.2) is 4.79 Å². The van der Waals surface area contributed by atoms with Gasteiger partial charge in [0.1, 0.15) is 6.73 Å². The second-order valence-corrected chi connectivity index (χ2v) is 1.41. The summed E-state index contributed by atoms with van der Waals surface area (Å²) in [7, 11) is 0. The molecule has 0 radical (unpaired) electrons. The summed E-state index contributed by atoms with van der Waals surface area (Å²) in [6.45, 7) is -0.894. The van der Waals surface area contributed by atoms with E-state index in [0.717, 1.165) is 0 Å². The molecule has 0 aliphatic rings. The molecule has 0 aromatic rings. The lowest BCUT2D eigenvalue weighted by molar-refractivity contribution is 0.0767. The maximum Gasteiger partial charge on any atom is 0.409 e. The number of nitrogens with zero attached hydrogens (tertiary/aromatic N) is 1. The van der Waals surface area contributed by atoms with Crippen LogP contribution in [0.1, 0.15) is 0 Å². The highest BCUT2D eigenvalue weighted by molar-refractivity contribution is 5.64. The molecule has 0 spiro atoms. The molecule has 5 heteroatoms. The molecule has 0 rings (SSSR count).